The highest BCUT2D eigenvalue weighted by Gasteiger charge is 2.25. The van der Waals surface area contributed by atoms with Gasteiger partial charge in [-0.15, -0.1) is 0 Å². The van der Waals surface area contributed by atoms with Gasteiger partial charge in [0.05, 0.1) is 32.0 Å². The summed E-state index contributed by atoms with van der Waals surface area (Å²) >= 11 is 0. The molecule has 0 aliphatic carbocycles. The molecule has 1 aliphatic heterocycles. The van der Waals surface area contributed by atoms with E-state index >= 15 is 0 Å². The van der Waals surface area contributed by atoms with Crippen molar-refractivity contribution in [2.45, 2.75) is 84.7 Å². The fraction of sp³-hybridized carbons (Fsp3) is 0.533. The second-order valence-corrected chi connectivity index (χ2v) is 9.47. The van der Waals surface area contributed by atoms with Gasteiger partial charge in [0.2, 0.25) is 0 Å². The van der Waals surface area contributed by atoms with Gasteiger partial charge in [-0.2, -0.15) is 0 Å². The SMILES string of the molecule is CCCc1c(OCCCOc2ccc(C(C)=O)c(OC)c2CCC)ccc2c1OC(CCC(=O)O)CC2. The molecule has 2 aromatic rings. The van der Waals surface area contributed by atoms with E-state index in [0.29, 0.717) is 37.4 Å². The molecule has 0 saturated heterocycles. The fourth-order valence-electron chi connectivity index (χ4n) is 4.82. The molecule has 0 saturated carbocycles. The van der Waals surface area contributed by atoms with Crippen molar-refractivity contribution in [1.29, 1.82) is 0 Å². The van der Waals surface area contributed by atoms with E-state index in [2.05, 4.69) is 19.9 Å². The van der Waals surface area contributed by atoms with Gasteiger partial charge >= 0.3 is 5.97 Å². The van der Waals surface area contributed by atoms with E-state index in [-0.39, 0.29) is 18.3 Å². The lowest BCUT2D eigenvalue weighted by atomic mass is 9.95. The number of carbonyl (C=O) groups is 2. The highest BCUT2D eigenvalue weighted by Crippen LogP contribution is 2.39. The normalized spacial score (nSPS) is 14.4. The van der Waals surface area contributed by atoms with Crippen LogP contribution in [0.5, 0.6) is 23.0 Å². The smallest absolute Gasteiger partial charge is 0.303 e. The molecule has 2 aromatic carbocycles. The topological polar surface area (TPSA) is 91.3 Å². The molecule has 1 aliphatic rings. The molecule has 0 bridgehead atoms. The van der Waals surface area contributed by atoms with E-state index in [1.807, 2.05) is 12.1 Å². The summed E-state index contributed by atoms with van der Waals surface area (Å²) in [5.41, 5.74) is 3.73. The summed E-state index contributed by atoms with van der Waals surface area (Å²) in [7, 11) is 1.59. The number of carboxylic acids is 1. The number of carbonyl (C=O) groups excluding carboxylic acids is 1. The molecule has 3 rings (SSSR count). The summed E-state index contributed by atoms with van der Waals surface area (Å²) in [4.78, 5) is 23.0. The van der Waals surface area contributed by atoms with Crippen LogP contribution in [-0.4, -0.2) is 43.3 Å². The third-order valence-corrected chi connectivity index (χ3v) is 6.60. The van der Waals surface area contributed by atoms with Gasteiger partial charge in [0.25, 0.3) is 0 Å². The number of carboxylic acid groups (broad SMARTS) is 1. The molecule has 0 radical (unpaired) electrons. The quantitative estimate of drug-likeness (QED) is 0.224. The maximum Gasteiger partial charge on any atom is 0.303 e. The van der Waals surface area contributed by atoms with E-state index < -0.39 is 5.97 Å². The lowest BCUT2D eigenvalue weighted by Gasteiger charge is -2.29. The zero-order valence-corrected chi connectivity index (χ0v) is 22.6. The van der Waals surface area contributed by atoms with Crippen LogP contribution < -0.4 is 18.9 Å². The van der Waals surface area contributed by atoms with Crippen LogP contribution in [0.25, 0.3) is 0 Å². The van der Waals surface area contributed by atoms with Crippen LogP contribution in [0, 0.1) is 0 Å². The minimum Gasteiger partial charge on any atom is -0.496 e. The molecule has 37 heavy (non-hydrogen) atoms. The molecule has 7 heteroatoms. The number of ether oxygens (including phenoxy) is 4. The maximum absolute atomic E-state index is 12.0. The highest BCUT2D eigenvalue weighted by molar-refractivity contribution is 5.97. The Morgan fingerprint density at radius 2 is 1.65 bits per heavy atom. The van der Waals surface area contributed by atoms with Gasteiger partial charge in [-0.25, -0.2) is 0 Å². The van der Waals surface area contributed by atoms with Crippen molar-refractivity contribution in [3.05, 3.63) is 46.5 Å². The third kappa shape index (κ3) is 7.40. The standard InChI is InChI=1S/C30H40O7/c1-5-8-24-26(15-11-21-10-12-22(37-29(21)24)13-17-28(32)33)35-18-7-19-36-27-16-14-23(20(3)31)30(34-4)25(27)9-6-2/h11,14-16,22H,5-10,12-13,17-19H2,1-4H3,(H,32,33). The zero-order valence-electron chi connectivity index (χ0n) is 22.6. The molecule has 1 atom stereocenters. The first-order valence-corrected chi connectivity index (χ1v) is 13.4. The molecule has 0 spiro atoms. The van der Waals surface area contributed by atoms with Crippen molar-refractivity contribution in [1.82, 2.24) is 0 Å². The third-order valence-electron chi connectivity index (χ3n) is 6.60. The first-order chi connectivity index (χ1) is 17.9. The van der Waals surface area contributed by atoms with Crippen LogP contribution >= 0.6 is 0 Å². The van der Waals surface area contributed by atoms with Crippen molar-refractivity contribution < 1.29 is 33.6 Å². The Balaban J connectivity index is 1.63. The molecule has 202 valence electrons. The Kier molecular flexibility index (Phi) is 10.7. The number of aryl methyl sites for hydroxylation is 1. The molecule has 1 N–H and O–H groups in total. The van der Waals surface area contributed by atoms with Crippen molar-refractivity contribution in [3.63, 3.8) is 0 Å². The van der Waals surface area contributed by atoms with Crippen LogP contribution in [0.4, 0.5) is 0 Å². The second kappa shape index (κ2) is 13.9. The Hall–Kier alpha value is -3.22. The fourth-order valence-corrected chi connectivity index (χ4v) is 4.82. The lowest BCUT2D eigenvalue weighted by Crippen LogP contribution is -2.24. The van der Waals surface area contributed by atoms with Gasteiger partial charge in [0.15, 0.2) is 5.78 Å². The zero-order chi connectivity index (χ0) is 26.8. The first kappa shape index (κ1) is 28.4. The molecule has 0 amide bonds. The molecule has 7 nitrogen and oxygen atoms in total. The van der Waals surface area contributed by atoms with Gasteiger partial charge in [-0.1, -0.05) is 32.8 Å². The van der Waals surface area contributed by atoms with Crippen molar-refractivity contribution >= 4 is 11.8 Å². The number of rotatable bonds is 15. The van der Waals surface area contributed by atoms with Crippen molar-refractivity contribution in [2.75, 3.05) is 20.3 Å². The van der Waals surface area contributed by atoms with E-state index in [4.69, 9.17) is 24.1 Å². The van der Waals surface area contributed by atoms with Gasteiger partial charge in [-0.05, 0) is 62.8 Å². The van der Waals surface area contributed by atoms with E-state index in [0.717, 1.165) is 72.5 Å². The van der Waals surface area contributed by atoms with E-state index in [9.17, 15) is 9.59 Å². The summed E-state index contributed by atoms with van der Waals surface area (Å²) in [6, 6.07) is 7.70. The number of fused-ring (bicyclic) bond motifs is 1. The number of hydrogen-bond donors (Lipinski definition) is 1. The highest BCUT2D eigenvalue weighted by atomic mass is 16.5. The largest absolute Gasteiger partial charge is 0.496 e. The lowest BCUT2D eigenvalue weighted by molar-refractivity contribution is -0.137. The minimum absolute atomic E-state index is 0.0285. The van der Waals surface area contributed by atoms with Crippen LogP contribution in [0.1, 0.15) is 86.3 Å². The first-order valence-electron chi connectivity index (χ1n) is 13.4. The number of hydrogen-bond acceptors (Lipinski definition) is 6. The van der Waals surface area contributed by atoms with Crippen LogP contribution in [0.2, 0.25) is 0 Å². The van der Waals surface area contributed by atoms with Crippen LogP contribution in [0.15, 0.2) is 24.3 Å². The molecule has 0 fully saturated rings. The predicted octanol–water partition coefficient (Wildman–Crippen LogP) is 6.21. The van der Waals surface area contributed by atoms with E-state index in [1.54, 1.807) is 20.1 Å². The van der Waals surface area contributed by atoms with Crippen LogP contribution in [-0.2, 0) is 24.1 Å². The van der Waals surface area contributed by atoms with Gasteiger partial charge in [0.1, 0.15) is 23.0 Å². The second-order valence-electron chi connectivity index (χ2n) is 9.47. The summed E-state index contributed by atoms with van der Waals surface area (Å²) in [6.45, 7) is 6.72. The molecular weight excluding hydrogens is 472 g/mol. The Bertz CT molecular complexity index is 1080. The van der Waals surface area contributed by atoms with Crippen molar-refractivity contribution in [3.8, 4) is 23.0 Å². The average Bonchev–Trinajstić information content (AvgIpc) is 2.88. The summed E-state index contributed by atoms with van der Waals surface area (Å²) < 4.78 is 24.1. The maximum atomic E-state index is 12.0. The number of benzene rings is 2. The number of ketones is 1. The number of aliphatic carboxylic acids is 1. The average molecular weight is 513 g/mol. The monoisotopic (exact) mass is 512 g/mol. The Morgan fingerprint density at radius 3 is 2.27 bits per heavy atom. The summed E-state index contributed by atoms with van der Waals surface area (Å²) in [5.74, 6) is 2.21. The van der Waals surface area contributed by atoms with Gasteiger partial charge in [0, 0.05) is 24.0 Å². The van der Waals surface area contributed by atoms with E-state index in [1.165, 1.54) is 0 Å². The molecule has 1 unspecified atom stereocenters. The predicted molar refractivity (Wildman–Crippen MR) is 143 cm³/mol. The Morgan fingerprint density at radius 1 is 1.00 bits per heavy atom. The van der Waals surface area contributed by atoms with Gasteiger partial charge < -0.3 is 24.1 Å². The summed E-state index contributed by atoms with van der Waals surface area (Å²) in [5, 5.41) is 9.03. The molecular formula is C30H40O7. The molecule has 0 aromatic heterocycles. The van der Waals surface area contributed by atoms with Crippen LogP contribution in [0.3, 0.4) is 0 Å². The number of methoxy groups -OCH3 is 1. The minimum atomic E-state index is -0.794. The number of Topliss-reactive ketones (excluding diaryl/α,β-unsaturated/α-hetero) is 1. The van der Waals surface area contributed by atoms with Gasteiger partial charge in [-0.3, -0.25) is 9.59 Å². The summed E-state index contributed by atoms with van der Waals surface area (Å²) in [6.07, 6.45) is 6.43. The molecule has 1 heterocycles. The Labute approximate surface area is 220 Å². The van der Waals surface area contributed by atoms with Crippen molar-refractivity contribution in [2.24, 2.45) is 0 Å².